The highest BCUT2D eigenvalue weighted by molar-refractivity contribution is 5.75. The molecule has 0 fully saturated rings. The van der Waals surface area contributed by atoms with E-state index in [0.29, 0.717) is 0 Å². The van der Waals surface area contributed by atoms with Crippen LogP contribution in [0.5, 0.6) is 0 Å². The SMILES string of the molecule is [CH2]CCCCCCCCC.[MgH2]. The van der Waals surface area contributed by atoms with Gasteiger partial charge in [0.2, 0.25) is 0 Å². The summed E-state index contributed by atoms with van der Waals surface area (Å²) in [5.41, 5.74) is 0. The van der Waals surface area contributed by atoms with E-state index in [2.05, 4.69) is 13.8 Å². The van der Waals surface area contributed by atoms with Gasteiger partial charge in [-0.3, -0.25) is 0 Å². The second-order valence-corrected chi connectivity index (χ2v) is 2.97. The maximum absolute atomic E-state index is 3.82. The minimum Gasteiger partial charge on any atom is -0.0654 e. The van der Waals surface area contributed by atoms with Crippen LogP contribution in [0.1, 0.15) is 58.3 Å². The van der Waals surface area contributed by atoms with Gasteiger partial charge in [0.1, 0.15) is 0 Å². The fourth-order valence-corrected chi connectivity index (χ4v) is 1.13. The average molecular weight is 168 g/mol. The highest BCUT2D eigenvalue weighted by atomic mass is 24.3. The van der Waals surface area contributed by atoms with Crippen LogP contribution >= 0.6 is 0 Å². The molecule has 0 aromatic rings. The van der Waals surface area contributed by atoms with Crippen molar-refractivity contribution in [2.24, 2.45) is 0 Å². The van der Waals surface area contributed by atoms with E-state index < -0.39 is 0 Å². The Morgan fingerprint density at radius 1 is 0.818 bits per heavy atom. The molecule has 0 nitrogen and oxygen atoms in total. The molecule has 0 spiro atoms. The highest BCUT2D eigenvalue weighted by Gasteiger charge is 1.87. The molecule has 0 N–H and O–H groups in total. The molecule has 0 atom stereocenters. The second kappa shape index (κ2) is 13.4. The van der Waals surface area contributed by atoms with Gasteiger partial charge in [0.15, 0.2) is 0 Å². The Bertz CT molecular complexity index is 44.8. The van der Waals surface area contributed by atoms with Gasteiger partial charge in [-0.2, -0.15) is 0 Å². The van der Waals surface area contributed by atoms with Crippen molar-refractivity contribution in [3.05, 3.63) is 6.92 Å². The first-order valence-corrected chi connectivity index (χ1v) is 4.71. The Balaban J connectivity index is 0. The molecule has 11 heavy (non-hydrogen) atoms. The molecule has 0 saturated heterocycles. The summed E-state index contributed by atoms with van der Waals surface area (Å²) < 4.78 is 0. The second-order valence-electron chi connectivity index (χ2n) is 2.97. The minimum atomic E-state index is 0. The Morgan fingerprint density at radius 3 is 1.73 bits per heavy atom. The molecule has 65 valence electrons. The summed E-state index contributed by atoms with van der Waals surface area (Å²) in [5.74, 6) is 0. The third-order valence-corrected chi connectivity index (χ3v) is 1.85. The van der Waals surface area contributed by atoms with Gasteiger partial charge < -0.3 is 0 Å². The van der Waals surface area contributed by atoms with E-state index in [9.17, 15) is 0 Å². The molecule has 0 amide bonds. The summed E-state index contributed by atoms with van der Waals surface area (Å²) in [4.78, 5) is 0. The molecule has 0 bridgehead atoms. The lowest BCUT2D eigenvalue weighted by Gasteiger charge is -1.97. The summed E-state index contributed by atoms with van der Waals surface area (Å²) in [7, 11) is 0. The van der Waals surface area contributed by atoms with Crippen LogP contribution in [0.25, 0.3) is 0 Å². The van der Waals surface area contributed by atoms with Crippen LogP contribution in [-0.4, -0.2) is 23.1 Å². The lowest BCUT2D eigenvalue weighted by Crippen LogP contribution is -1.77. The Labute approximate surface area is 88.3 Å². The fourth-order valence-electron chi connectivity index (χ4n) is 1.13. The lowest BCUT2D eigenvalue weighted by atomic mass is 10.1. The highest BCUT2D eigenvalue weighted by Crippen LogP contribution is 2.07. The van der Waals surface area contributed by atoms with Crippen molar-refractivity contribution in [2.45, 2.75) is 58.3 Å². The van der Waals surface area contributed by atoms with Crippen molar-refractivity contribution in [3.8, 4) is 0 Å². The summed E-state index contributed by atoms with van der Waals surface area (Å²) in [6.45, 7) is 6.08. The number of unbranched alkanes of at least 4 members (excludes halogenated alkanes) is 7. The van der Waals surface area contributed by atoms with E-state index >= 15 is 0 Å². The number of hydrogen-bond acceptors (Lipinski definition) is 0. The van der Waals surface area contributed by atoms with Crippen LogP contribution < -0.4 is 0 Å². The summed E-state index contributed by atoms with van der Waals surface area (Å²) in [6.07, 6.45) is 10.9. The molecule has 1 radical (unpaired) electrons. The van der Waals surface area contributed by atoms with Gasteiger partial charge in [0.05, 0.1) is 0 Å². The minimum absolute atomic E-state index is 0. The van der Waals surface area contributed by atoms with Crippen molar-refractivity contribution < 1.29 is 0 Å². The normalized spacial score (nSPS) is 9.27. The predicted molar refractivity (Wildman–Crippen MR) is 56.5 cm³/mol. The van der Waals surface area contributed by atoms with E-state index in [-0.39, 0.29) is 23.1 Å². The van der Waals surface area contributed by atoms with Crippen LogP contribution in [0.2, 0.25) is 0 Å². The fraction of sp³-hybridized carbons (Fsp3) is 0.900. The van der Waals surface area contributed by atoms with E-state index in [0.717, 1.165) is 6.42 Å². The third-order valence-electron chi connectivity index (χ3n) is 1.85. The average Bonchev–Trinajstić information content (AvgIpc) is 1.97. The van der Waals surface area contributed by atoms with Crippen LogP contribution in [0.3, 0.4) is 0 Å². The molecule has 0 heterocycles. The number of hydrogen-bond donors (Lipinski definition) is 0. The monoisotopic (exact) mass is 167 g/mol. The zero-order chi connectivity index (χ0) is 7.66. The molecule has 1 heteroatoms. The molecule has 0 aliphatic carbocycles. The summed E-state index contributed by atoms with van der Waals surface area (Å²) in [6, 6.07) is 0. The smallest absolute Gasteiger partial charge is 0.0654 e. The first-order valence-electron chi connectivity index (χ1n) is 4.71. The standard InChI is InChI=1S/C10H21.Mg.2H/c1-3-5-7-9-10-8-6-4-2;;;/h1,3-10H2,2H3;;;. The van der Waals surface area contributed by atoms with Crippen LogP contribution in [0.4, 0.5) is 0 Å². The van der Waals surface area contributed by atoms with E-state index in [1.807, 2.05) is 0 Å². The van der Waals surface area contributed by atoms with Gasteiger partial charge in [-0.1, -0.05) is 65.2 Å². The third kappa shape index (κ3) is 13.7. The quantitative estimate of drug-likeness (QED) is 0.404. The van der Waals surface area contributed by atoms with E-state index in [1.165, 1.54) is 44.9 Å². The van der Waals surface area contributed by atoms with Crippen molar-refractivity contribution in [2.75, 3.05) is 0 Å². The Kier molecular flexibility index (Phi) is 17.4. The molecule has 0 aliphatic rings. The predicted octanol–water partition coefficient (Wildman–Crippen LogP) is 3.04. The van der Waals surface area contributed by atoms with Gasteiger partial charge in [-0.05, 0) is 0 Å². The van der Waals surface area contributed by atoms with Crippen LogP contribution in [0, 0.1) is 6.92 Å². The van der Waals surface area contributed by atoms with Gasteiger partial charge >= 0.3 is 23.1 Å². The molecular formula is C10H23Mg. The molecule has 0 aromatic heterocycles. The van der Waals surface area contributed by atoms with Crippen LogP contribution in [-0.2, 0) is 0 Å². The van der Waals surface area contributed by atoms with E-state index in [4.69, 9.17) is 0 Å². The summed E-state index contributed by atoms with van der Waals surface area (Å²) >= 11 is 0. The zero-order valence-corrected chi connectivity index (χ0v) is 7.36. The molecule has 0 rings (SSSR count). The number of rotatable bonds is 7. The van der Waals surface area contributed by atoms with Gasteiger partial charge in [0, 0.05) is 0 Å². The first kappa shape index (κ1) is 14.3. The molecule has 0 unspecified atom stereocenters. The van der Waals surface area contributed by atoms with Crippen molar-refractivity contribution >= 4 is 23.1 Å². The molecule has 0 aromatic carbocycles. The molecule has 0 saturated carbocycles. The topological polar surface area (TPSA) is 0 Å². The maximum Gasteiger partial charge on any atom is 0.316 e. The van der Waals surface area contributed by atoms with Gasteiger partial charge in [-0.25, -0.2) is 0 Å². The van der Waals surface area contributed by atoms with Gasteiger partial charge in [-0.15, -0.1) is 0 Å². The van der Waals surface area contributed by atoms with Crippen molar-refractivity contribution in [1.82, 2.24) is 0 Å². The van der Waals surface area contributed by atoms with Gasteiger partial charge in [0.25, 0.3) is 0 Å². The first-order chi connectivity index (χ1) is 4.91. The van der Waals surface area contributed by atoms with Crippen molar-refractivity contribution in [1.29, 1.82) is 0 Å². The Morgan fingerprint density at radius 2 is 1.27 bits per heavy atom. The zero-order valence-electron chi connectivity index (χ0n) is 7.36. The molecular weight excluding hydrogens is 144 g/mol. The lowest BCUT2D eigenvalue weighted by molar-refractivity contribution is 0.592. The summed E-state index contributed by atoms with van der Waals surface area (Å²) in [5, 5.41) is 0. The molecule has 0 aliphatic heterocycles. The van der Waals surface area contributed by atoms with E-state index in [1.54, 1.807) is 0 Å². The largest absolute Gasteiger partial charge is 0.316 e. The van der Waals surface area contributed by atoms with Crippen LogP contribution in [0.15, 0.2) is 0 Å². The maximum atomic E-state index is 3.82. The Hall–Kier alpha value is 0.766. The van der Waals surface area contributed by atoms with Crippen molar-refractivity contribution in [3.63, 3.8) is 0 Å².